The van der Waals surface area contributed by atoms with Crippen LogP contribution in [0.5, 0.6) is 0 Å². The SMILES string of the molecule is COP(=O)(CC(=O)CC1(C)CCCC(C)(C)C1=O)OC. The highest BCUT2D eigenvalue weighted by Crippen LogP contribution is 2.49. The first kappa shape index (κ1) is 17.5. The molecule has 0 bridgehead atoms. The maximum absolute atomic E-state index is 12.5. The summed E-state index contributed by atoms with van der Waals surface area (Å²) in [6, 6.07) is 0. The van der Waals surface area contributed by atoms with Crippen LogP contribution in [0.1, 0.15) is 46.5 Å². The number of carbonyl (C=O) groups excluding carboxylic acids is 2. The second-order valence-electron chi connectivity index (χ2n) is 6.48. The molecule has 1 atom stereocenters. The molecule has 0 aromatic rings. The van der Waals surface area contributed by atoms with Gasteiger partial charge in [-0.1, -0.05) is 27.2 Å². The van der Waals surface area contributed by atoms with Gasteiger partial charge in [0, 0.05) is 31.5 Å². The molecule has 0 spiro atoms. The summed E-state index contributed by atoms with van der Waals surface area (Å²) in [7, 11) is -0.831. The maximum Gasteiger partial charge on any atom is 0.337 e. The van der Waals surface area contributed by atoms with Gasteiger partial charge in [0.05, 0.1) is 0 Å². The standard InChI is InChI=1S/C14H25O5P/c1-13(2)7-6-8-14(3,12(13)16)9-11(15)10-20(17,18-4)19-5/h6-10H2,1-5H3. The minimum atomic E-state index is -3.35. The Balaban J connectivity index is 2.79. The minimum absolute atomic E-state index is 0.103. The molecule has 0 N–H and O–H groups in total. The molecule has 1 aliphatic rings. The molecule has 0 heterocycles. The first-order valence-electron chi connectivity index (χ1n) is 6.86. The summed E-state index contributed by atoms with van der Waals surface area (Å²) in [6.45, 7) is 5.68. The van der Waals surface area contributed by atoms with Crippen LogP contribution in [0, 0.1) is 10.8 Å². The summed E-state index contributed by atoms with van der Waals surface area (Å²) in [5.41, 5.74) is -1.05. The molecule has 0 aliphatic heterocycles. The maximum atomic E-state index is 12.5. The molecule has 5 nitrogen and oxygen atoms in total. The van der Waals surface area contributed by atoms with Crippen molar-refractivity contribution in [3.8, 4) is 0 Å². The van der Waals surface area contributed by atoms with E-state index in [1.807, 2.05) is 20.8 Å². The summed E-state index contributed by atoms with van der Waals surface area (Å²) in [5.74, 6) is -0.125. The average Bonchev–Trinajstić information content (AvgIpc) is 2.35. The molecular formula is C14H25O5P. The molecule has 116 valence electrons. The van der Waals surface area contributed by atoms with Gasteiger partial charge in [-0.2, -0.15) is 0 Å². The van der Waals surface area contributed by atoms with Crippen molar-refractivity contribution in [2.75, 3.05) is 20.4 Å². The van der Waals surface area contributed by atoms with Crippen LogP contribution in [0.4, 0.5) is 0 Å². The van der Waals surface area contributed by atoms with Crippen molar-refractivity contribution in [2.24, 2.45) is 10.8 Å². The predicted octanol–water partition coefficient (Wildman–Crippen LogP) is 3.22. The van der Waals surface area contributed by atoms with Crippen LogP contribution in [0.3, 0.4) is 0 Å². The molecule has 1 unspecified atom stereocenters. The van der Waals surface area contributed by atoms with E-state index in [4.69, 9.17) is 9.05 Å². The van der Waals surface area contributed by atoms with E-state index in [1.165, 1.54) is 14.2 Å². The van der Waals surface area contributed by atoms with E-state index in [0.717, 1.165) is 12.8 Å². The van der Waals surface area contributed by atoms with Crippen molar-refractivity contribution < 1.29 is 23.2 Å². The van der Waals surface area contributed by atoms with Gasteiger partial charge in [-0.25, -0.2) is 0 Å². The van der Waals surface area contributed by atoms with Gasteiger partial charge in [-0.3, -0.25) is 14.2 Å². The van der Waals surface area contributed by atoms with Crippen LogP contribution < -0.4 is 0 Å². The molecule has 0 aromatic carbocycles. The average molecular weight is 304 g/mol. The highest BCUT2D eigenvalue weighted by atomic mass is 31.2. The van der Waals surface area contributed by atoms with Crippen LogP contribution in [0.15, 0.2) is 0 Å². The number of rotatable bonds is 6. The van der Waals surface area contributed by atoms with Crippen LogP contribution in [0.2, 0.25) is 0 Å². The van der Waals surface area contributed by atoms with Gasteiger partial charge in [0.2, 0.25) is 0 Å². The molecule has 1 rings (SSSR count). The fourth-order valence-electron chi connectivity index (χ4n) is 3.04. The molecule has 1 saturated carbocycles. The second-order valence-corrected chi connectivity index (χ2v) is 8.75. The molecule has 6 heteroatoms. The van der Waals surface area contributed by atoms with Crippen LogP contribution >= 0.6 is 7.60 Å². The van der Waals surface area contributed by atoms with E-state index in [0.29, 0.717) is 6.42 Å². The van der Waals surface area contributed by atoms with Crippen molar-refractivity contribution in [3.63, 3.8) is 0 Å². The Morgan fingerprint density at radius 1 is 1.20 bits per heavy atom. The lowest BCUT2D eigenvalue weighted by atomic mass is 9.61. The summed E-state index contributed by atoms with van der Waals surface area (Å²) < 4.78 is 21.5. The Morgan fingerprint density at radius 3 is 2.25 bits per heavy atom. The van der Waals surface area contributed by atoms with Crippen molar-refractivity contribution in [1.29, 1.82) is 0 Å². The third-order valence-corrected chi connectivity index (χ3v) is 6.06. The van der Waals surface area contributed by atoms with Gasteiger partial charge in [-0.15, -0.1) is 0 Å². The number of Topliss-reactive ketones (excluding diaryl/α,β-unsaturated/α-hetero) is 2. The van der Waals surface area contributed by atoms with Crippen LogP contribution in [-0.4, -0.2) is 31.9 Å². The zero-order chi connectivity index (χ0) is 15.6. The monoisotopic (exact) mass is 304 g/mol. The summed E-state index contributed by atoms with van der Waals surface area (Å²) in [4.78, 5) is 24.6. The lowest BCUT2D eigenvalue weighted by Crippen LogP contribution is -2.44. The molecular weight excluding hydrogens is 279 g/mol. The summed E-state index contributed by atoms with van der Waals surface area (Å²) in [6.07, 6.45) is 2.31. The van der Waals surface area contributed by atoms with Gasteiger partial charge in [0.15, 0.2) is 0 Å². The summed E-state index contributed by atoms with van der Waals surface area (Å²) >= 11 is 0. The molecule has 1 aliphatic carbocycles. The highest BCUT2D eigenvalue weighted by Gasteiger charge is 2.46. The Labute approximate surface area is 120 Å². The fraction of sp³-hybridized carbons (Fsp3) is 0.857. The van der Waals surface area contributed by atoms with E-state index in [2.05, 4.69) is 0 Å². The Bertz CT molecular complexity index is 435. The molecule has 1 fully saturated rings. The number of carbonyl (C=O) groups is 2. The molecule has 0 aromatic heterocycles. The normalized spacial score (nSPS) is 26.6. The highest BCUT2D eigenvalue weighted by molar-refractivity contribution is 7.54. The molecule has 20 heavy (non-hydrogen) atoms. The quantitative estimate of drug-likeness (QED) is 0.705. The zero-order valence-corrected chi connectivity index (χ0v) is 13.9. The van der Waals surface area contributed by atoms with Crippen molar-refractivity contribution >= 4 is 19.2 Å². The van der Waals surface area contributed by atoms with Crippen molar-refractivity contribution in [1.82, 2.24) is 0 Å². The van der Waals surface area contributed by atoms with Crippen LogP contribution in [-0.2, 0) is 23.2 Å². The first-order valence-corrected chi connectivity index (χ1v) is 8.58. The number of hydrogen-bond acceptors (Lipinski definition) is 5. The van der Waals surface area contributed by atoms with E-state index in [9.17, 15) is 14.2 Å². The van der Waals surface area contributed by atoms with Crippen molar-refractivity contribution in [3.05, 3.63) is 0 Å². The minimum Gasteiger partial charge on any atom is -0.312 e. The topological polar surface area (TPSA) is 69.7 Å². The predicted molar refractivity (Wildman–Crippen MR) is 76.9 cm³/mol. The third kappa shape index (κ3) is 3.78. The molecule has 0 amide bonds. The van der Waals surface area contributed by atoms with Gasteiger partial charge in [0.1, 0.15) is 17.7 Å². The lowest BCUT2D eigenvalue weighted by molar-refractivity contribution is -0.143. The molecule has 0 saturated heterocycles. The third-order valence-electron chi connectivity index (χ3n) is 4.21. The van der Waals surface area contributed by atoms with Gasteiger partial charge >= 0.3 is 7.60 Å². The van der Waals surface area contributed by atoms with E-state index in [-0.39, 0.29) is 29.6 Å². The van der Waals surface area contributed by atoms with Gasteiger partial charge in [-0.05, 0) is 12.8 Å². The van der Waals surface area contributed by atoms with E-state index in [1.54, 1.807) is 0 Å². The zero-order valence-electron chi connectivity index (χ0n) is 13.0. The van der Waals surface area contributed by atoms with Crippen molar-refractivity contribution in [2.45, 2.75) is 46.5 Å². The Hall–Kier alpha value is -0.510. The Morgan fingerprint density at radius 2 is 1.75 bits per heavy atom. The first-order chi connectivity index (χ1) is 9.08. The lowest BCUT2D eigenvalue weighted by Gasteiger charge is -2.40. The summed E-state index contributed by atoms with van der Waals surface area (Å²) in [5, 5.41) is 0. The van der Waals surface area contributed by atoms with E-state index < -0.39 is 13.0 Å². The van der Waals surface area contributed by atoms with E-state index >= 15 is 0 Å². The molecule has 0 radical (unpaired) electrons. The largest absolute Gasteiger partial charge is 0.337 e. The van der Waals surface area contributed by atoms with Crippen LogP contribution in [0.25, 0.3) is 0 Å². The smallest absolute Gasteiger partial charge is 0.312 e. The number of ketones is 2. The van der Waals surface area contributed by atoms with Gasteiger partial charge in [0.25, 0.3) is 0 Å². The Kier molecular flexibility index (Phi) is 5.34. The number of hydrogen-bond donors (Lipinski definition) is 0. The van der Waals surface area contributed by atoms with Gasteiger partial charge < -0.3 is 9.05 Å². The second kappa shape index (κ2) is 6.08. The fourth-order valence-corrected chi connectivity index (χ4v) is 3.99.